The third-order valence-electron chi connectivity index (χ3n) is 7.57. The molecule has 0 aromatic rings. The maximum Gasteiger partial charge on any atom is 0.333 e. The van der Waals surface area contributed by atoms with Crippen LogP contribution in [0.1, 0.15) is 53.4 Å². The molecule has 0 radical (unpaired) electrons. The van der Waals surface area contributed by atoms with Gasteiger partial charge in [-0.15, -0.1) is 0 Å². The van der Waals surface area contributed by atoms with Crippen molar-refractivity contribution in [2.24, 2.45) is 22.7 Å². The van der Waals surface area contributed by atoms with E-state index in [0.717, 1.165) is 18.4 Å². The van der Waals surface area contributed by atoms with E-state index in [4.69, 9.17) is 14.2 Å². The predicted octanol–water partition coefficient (Wildman–Crippen LogP) is 2.89. The van der Waals surface area contributed by atoms with Gasteiger partial charge >= 0.3 is 11.9 Å². The molecule has 2 saturated carbocycles. The molecule has 0 saturated heterocycles. The van der Waals surface area contributed by atoms with Gasteiger partial charge in [0.15, 0.2) is 0 Å². The Balaban J connectivity index is 2.02. The lowest BCUT2D eigenvalue weighted by Gasteiger charge is -2.61. The van der Waals surface area contributed by atoms with E-state index in [1.807, 2.05) is 6.92 Å². The number of methoxy groups -OCH3 is 1. The molecule has 0 spiro atoms. The summed E-state index contributed by atoms with van der Waals surface area (Å²) in [6.07, 6.45) is 2.46. The molecule has 1 heterocycles. The molecular formula is C23H34O7S. The molecule has 2 fully saturated rings. The molecule has 0 amide bonds. The normalized spacial score (nSPS) is 39.6. The summed E-state index contributed by atoms with van der Waals surface area (Å²) >= 11 is 1.46. The molecule has 1 aliphatic heterocycles. The van der Waals surface area contributed by atoms with Crippen LogP contribution in [0.5, 0.6) is 0 Å². The van der Waals surface area contributed by atoms with Crippen molar-refractivity contribution in [3.05, 3.63) is 11.6 Å². The first-order chi connectivity index (χ1) is 14.6. The zero-order valence-electron chi connectivity index (χ0n) is 19.0. The molecule has 7 nitrogen and oxygen atoms in total. The number of hydrogen-bond acceptors (Lipinski definition) is 8. The lowest BCUT2D eigenvalue weighted by atomic mass is 9.46. The van der Waals surface area contributed by atoms with E-state index in [1.54, 1.807) is 19.9 Å². The number of fused-ring (bicyclic) bond motifs is 3. The Bertz CT molecular complexity index is 765. The van der Waals surface area contributed by atoms with Gasteiger partial charge in [-0.05, 0) is 37.7 Å². The summed E-state index contributed by atoms with van der Waals surface area (Å²) in [4.78, 5) is 37.0. The SMILES string of the molecule is CCOC(=O)CCSC1C2C(=CC(=O)O[C@@H]2OC)[C@@]2(C)CCC[C@](C)(C(C)=O)[C@@H]2[C@@H]1O. The van der Waals surface area contributed by atoms with Crippen LogP contribution in [-0.2, 0) is 28.6 Å². The molecule has 0 bridgehead atoms. The van der Waals surface area contributed by atoms with Gasteiger partial charge in [0.05, 0.1) is 25.0 Å². The molecule has 31 heavy (non-hydrogen) atoms. The molecule has 174 valence electrons. The van der Waals surface area contributed by atoms with Crippen molar-refractivity contribution in [2.45, 2.75) is 71.0 Å². The number of carbonyl (C=O) groups is 3. The number of hydrogen-bond donors (Lipinski definition) is 1. The summed E-state index contributed by atoms with van der Waals surface area (Å²) in [5.41, 5.74) is -0.314. The summed E-state index contributed by atoms with van der Waals surface area (Å²) in [5.74, 6) is -0.920. The molecular weight excluding hydrogens is 420 g/mol. The van der Waals surface area contributed by atoms with Crippen LogP contribution in [0.3, 0.4) is 0 Å². The minimum absolute atomic E-state index is 0.0541. The Morgan fingerprint density at radius 3 is 2.65 bits per heavy atom. The Hall–Kier alpha value is -1.38. The van der Waals surface area contributed by atoms with E-state index in [2.05, 4.69) is 6.92 Å². The van der Waals surface area contributed by atoms with Crippen LogP contribution in [0.4, 0.5) is 0 Å². The Labute approximate surface area is 188 Å². The van der Waals surface area contributed by atoms with E-state index in [9.17, 15) is 19.5 Å². The Morgan fingerprint density at radius 1 is 1.32 bits per heavy atom. The monoisotopic (exact) mass is 454 g/mol. The maximum absolute atomic E-state index is 12.8. The second kappa shape index (κ2) is 9.24. The smallest absolute Gasteiger partial charge is 0.333 e. The summed E-state index contributed by atoms with van der Waals surface area (Å²) in [7, 11) is 1.49. The van der Waals surface area contributed by atoms with Crippen molar-refractivity contribution in [1.29, 1.82) is 0 Å². The van der Waals surface area contributed by atoms with Crippen LogP contribution >= 0.6 is 11.8 Å². The zero-order chi connectivity index (χ0) is 23.0. The molecule has 2 unspecified atom stereocenters. The van der Waals surface area contributed by atoms with Crippen molar-refractivity contribution in [1.82, 2.24) is 0 Å². The number of cyclic esters (lactones) is 1. The van der Waals surface area contributed by atoms with Crippen LogP contribution in [0, 0.1) is 22.7 Å². The van der Waals surface area contributed by atoms with Crippen molar-refractivity contribution < 1.29 is 33.7 Å². The third kappa shape index (κ3) is 4.18. The average molecular weight is 455 g/mol. The van der Waals surface area contributed by atoms with Gasteiger partial charge in [0.25, 0.3) is 0 Å². The molecule has 2 aliphatic carbocycles. The fraction of sp³-hybridized carbons (Fsp3) is 0.783. The first-order valence-corrected chi connectivity index (χ1v) is 12.1. The number of ketones is 1. The van der Waals surface area contributed by atoms with Crippen molar-refractivity contribution in [3.8, 4) is 0 Å². The van der Waals surface area contributed by atoms with Crippen LogP contribution in [0.2, 0.25) is 0 Å². The maximum atomic E-state index is 12.8. The number of carbonyl (C=O) groups excluding carboxylic acids is 3. The number of ether oxygens (including phenoxy) is 3. The van der Waals surface area contributed by atoms with Crippen LogP contribution < -0.4 is 0 Å². The highest BCUT2D eigenvalue weighted by atomic mass is 32.2. The quantitative estimate of drug-likeness (QED) is 0.586. The number of esters is 2. The second-order valence-electron chi connectivity index (χ2n) is 9.27. The molecule has 0 aromatic heterocycles. The Morgan fingerprint density at radius 2 is 2.03 bits per heavy atom. The van der Waals surface area contributed by atoms with E-state index < -0.39 is 29.2 Å². The second-order valence-corrected chi connectivity index (χ2v) is 10.6. The van der Waals surface area contributed by atoms with Crippen molar-refractivity contribution in [3.63, 3.8) is 0 Å². The molecule has 8 heteroatoms. The molecule has 1 N–H and O–H groups in total. The predicted molar refractivity (Wildman–Crippen MR) is 116 cm³/mol. The lowest BCUT2D eigenvalue weighted by Crippen LogP contribution is -2.64. The third-order valence-corrected chi connectivity index (χ3v) is 8.97. The number of rotatable bonds is 7. The van der Waals surface area contributed by atoms with Gasteiger partial charge in [0, 0.05) is 35.5 Å². The van der Waals surface area contributed by atoms with E-state index in [1.165, 1.54) is 18.9 Å². The summed E-state index contributed by atoms with van der Waals surface area (Å²) in [6.45, 7) is 7.68. The molecule has 3 aliphatic rings. The van der Waals surface area contributed by atoms with Crippen LogP contribution in [-0.4, -0.2) is 59.9 Å². The van der Waals surface area contributed by atoms with Crippen LogP contribution in [0.15, 0.2) is 11.6 Å². The fourth-order valence-electron chi connectivity index (χ4n) is 6.09. The highest BCUT2D eigenvalue weighted by Crippen LogP contribution is 2.64. The average Bonchev–Trinajstić information content (AvgIpc) is 2.70. The lowest BCUT2D eigenvalue weighted by molar-refractivity contribution is -0.196. The summed E-state index contributed by atoms with van der Waals surface area (Å²) < 4.78 is 16.0. The molecule has 3 rings (SSSR count). The van der Waals surface area contributed by atoms with E-state index >= 15 is 0 Å². The number of Topliss-reactive ketones (excluding diaryl/α,β-unsaturated/α-hetero) is 1. The summed E-state index contributed by atoms with van der Waals surface area (Å²) in [5, 5.41) is 11.3. The standard InChI is InChI=1S/C23H34O7S/c1-6-29-15(25)8-11-31-19-17-14(12-16(26)30-21(17)28-5)23(4)10-7-9-22(3,13(2)24)20(23)18(19)27/h12,17-21,27H,6-11H2,1-5H3/t17?,18-,19?,20+,21+,22-,23-/m1/s1. The highest BCUT2D eigenvalue weighted by molar-refractivity contribution is 8.00. The van der Waals surface area contributed by atoms with Crippen molar-refractivity contribution >= 4 is 29.5 Å². The number of aliphatic hydroxyl groups excluding tert-OH is 1. The molecule has 7 atom stereocenters. The fourth-order valence-corrected chi connectivity index (χ4v) is 7.48. The topological polar surface area (TPSA) is 99.1 Å². The Kier molecular flexibility index (Phi) is 7.23. The highest BCUT2D eigenvalue weighted by Gasteiger charge is 2.64. The van der Waals surface area contributed by atoms with Gasteiger partial charge in [-0.2, -0.15) is 11.8 Å². The largest absolute Gasteiger partial charge is 0.466 e. The number of thioether (sulfide) groups is 1. The van der Waals surface area contributed by atoms with Gasteiger partial charge in [-0.1, -0.05) is 20.3 Å². The summed E-state index contributed by atoms with van der Waals surface area (Å²) in [6, 6.07) is 0. The minimum Gasteiger partial charge on any atom is -0.466 e. The van der Waals surface area contributed by atoms with Gasteiger partial charge in [-0.25, -0.2) is 4.79 Å². The van der Waals surface area contributed by atoms with Gasteiger partial charge in [0.1, 0.15) is 5.78 Å². The zero-order valence-corrected chi connectivity index (χ0v) is 19.8. The van der Waals surface area contributed by atoms with Gasteiger partial charge < -0.3 is 19.3 Å². The number of aliphatic hydroxyl groups is 1. The van der Waals surface area contributed by atoms with E-state index in [0.29, 0.717) is 18.8 Å². The van der Waals surface area contributed by atoms with Crippen LogP contribution in [0.25, 0.3) is 0 Å². The van der Waals surface area contributed by atoms with Crippen molar-refractivity contribution in [2.75, 3.05) is 19.5 Å². The minimum atomic E-state index is -0.817. The first kappa shape index (κ1) is 24.3. The van der Waals surface area contributed by atoms with Gasteiger partial charge in [-0.3, -0.25) is 9.59 Å². The van der Waals surface area contributed by atoms with Gasteiger partial charge in [0.2, 0.25) is 6.29 Å². The van der Waals surface area contributed by atoms with E-state index in [-0.39, 0.29) is 35.3 Å². The molecule has 0 aromatic carbocycles. The first-order valence-electron chi connectivity index (χ1n) is 11.0.